The Hall–Kier alpha value is -3.56. The molecule has 3 rings (SSSR count). The molecule has 10 nitrogen and oxygen atoms in total. The summed E-state index contributed by atoms with van der Waals surface area (Å²) in [6.07, 6.45) is -0.00895. The Kier molecular flexibility index (Phi) is 6.78. The molecule has 166 valence electrons. The number of ether oxygens (including phenoxy) is 3. The summed E-state index contributed by atoms with van der Waals surface area (Å²) in [6, 6.07) is 5.94. The summed E-state index contributed by atoms with van der Waals surface area (Å²) < 4.78 is 15.7. The van der Waals surface area contributed by atoms with Crippen molar-refractivity contribution < 1.29 is 33.4 Å². The van der Waals surface area contributed by atoms with E-state index in [1.807, 2.05) is 0 Å². The summed E-state index contributed by atoms with van der Waals surface area (Å²) in [4.78, 5) is 50.7. The van der Waals surface area contributed by atoms with Crippen molar-refractivity contribution in [1.82, 2.24) is 10.6 Å². The second-order valence-electron chi connectivity index (χ2n) is 7.12. The van der Waals surface area contributed by atoms with Crippen molar-refractivity contribution in [2.75, 3.05) is 31.8 Å². The SMILES string of the molecule is CCOC(=O)C1=C(COC(=O)[C@@H]2CC(=O)N(c3ccccc3OC)C2)NC(=O)N[C@@H]1C. The lowest BCUT2D eigenvalue weighted by atomic mass is 10.0. The fraction of sp³-hybridized carbons (Fsp3) is 0.429. The van der Waals surface area contributed by atoms with Gasteiger partial charge in [0.15, 0.2) is 0 Å². The molecule has 1 saturated heterocycles. The van der Waals surface area contributed by atoms with Crippen LogP contribution in [-0.2, 0) is 23.9 Å². The summed E-state index contributed by atoms with van der Waals surface area (Å²) in [6.45, 7) is 3.30. The van der Waals surface area contributed by atoms with Crippen LogP contribution in [0, 0.1) is 5.92 Å². The molecule has 1 aromatic carbocycles. The first-order valence-corrected chi connectivity index (χ1v) is 9.93. The maximum Gasteiger partial charge on any atom is 0.338 e. The number of esters is 2. The number of methoxy groups -OCH3 is 1. The molecule has 0 unspecified atom stereocenters. The molecule has 0 aliphatic carbocycles. The van der Waals surface area contributed by atoms with Gasteiger partial charge in [-0.15, -0.1) is 0 Å². The van der Waals surface area contributed by atoms with Crippen molar-refractivity contribution in [3.63, 3.8) is 0 Å². The van der Waals surface area contributed by atoms with E-state index in [-0.39, 0.29) is 43.4 Å². The van der Waals surface area contributed by atoms with Crippen LogP contribution in [0.15, 0.2) is 35.5 Å². The average Bonchev–Trinajstić information content (AvgIpc) is 3.13. The van der Waals surface area contributed by atoms with Crippen molar-refractivity contribution in [3.8, 4) is 5.75 Å². The van der Waals surface area contributed by atoms with Gasteiger partial charge in [0.05, 0.1) is 42.6 Å². The topological polar surface area (TPSA) is 123 Å². The molecule has 1 aromatic rings. The maximum atomic E-state index is 12.6. The van der Waals surface area contributed by atoms with Crippen molar-refractivity contribution in [2.24, 2.45) is 5.92 Å². The van der Waals surface area contributed by atoms with Gasteiger partial charge in [0, 0.05) is 13.0 Å². The summed E-state index contributed by atoms with van der Waals surface area (Å²) in [5, 5.41) is 5.07. The summed E-state index contributed by atoms with van der Waals surface area (Å²) in [7, 11) is 1.51. The predicted octanol–water partition coefficient (Wildman–Crippen LogP) is 1.11. The van der Waals surface area contributed by atoms with Gasteiger partial charge in [0.1, 0.15) is 12.4 Å². The van der Waals surface area contributed by atoms with Gasteiger partial charge in [-0.2, -0.15) is 0 Å². The zero-order chi connectivity index (χ0) is 22.5. The number of para-hydroxylation sites is 2. The first-order valence-electron chi connectivity index (χ1n) is 9.93. The minimum atomic E-state index is -0.682. The Morgan fingerprint density at radius 1 is 1.19 bits per heavy atom. The van der Waals surface area contributed by atoms with Crippen LogP contribution in [0.25, 0.3) is 0 Å². The minimum Gasteiger partial charge on any atom is -0.495 e. The normalized spacial score (nSPS) is 20.8. The van der Waals surface area contributed by atoms with Gasteiger partial charge in [-0.1, -0.05) is 12.1 Å². The molecule has 2 heterocycles. The highest BCUT2D eigenvalue weighted by Gasteiger charge is 2.38. The highest BCUT2D eigenvalue weighted by atomic mass is 16.5. The third-order valence-corrected chi connectivity index (χ3v) is 5.06. The number of carbonyl (C=O) groups excluding carboxylic acids is 4. The molecule has 0 aromatic heterocycles. The van der Waals surface area contributed by atoms with Gasteiger partial charge < -0.3 is 29.7 Å². The number of anilines is 1. The van der Waals surface area contributed by atoms with Gasteiger partial charge in [-0.25, -0.2) is 9.59 Å². The quantitative estimate of drug-likeness (QED) is 0.620. The van der Waals surface area contributed by atoms with E-state index in [0.29, 0.717) is 11.4 Å². The molecule has 2 aliphatic heterocycles. The van der Waals surface area contributed by atoms with E-state index in [1.54, 1.807) is 38.1 Å². The molecule has 2 aliphatic rings. The smallest absolute Gasteiger partial charge is 0.338 e. The number of amides is 3. The minimum absolute atomic E-state index is 0.00895. The zero-order valence-corrected chi connectivity index (χ0v) is 17.6. The Balaban J connectivity index is 1.70. The number of nitrogens with one attached hydrogen (secondary N) is 2. The van der Waals surface area contributed by atoms with E-state index in [1.165, 1.54) is 12.0 Å². The number of hydrogen-bond donors (Lipinski definition) is 2. The highest BCUT2D eigenvalue weighted by molar-refractivity contribution is 6.00. The summed E-state index contributed by atoms with van der Waals surface area (Å²) in [5.74, 6) is -1.57. The number of urea groups is 1. The van der Waals surface area contributed by atoms with Crippen molar-refractivity contribution >= 4 is 29.6 Å². The van der Waals surface area contributed by atoms with Crippen molar-refractivity contribution in [1.29, 1.82) is 0 Å². The van der Waals surface area contributed by atoms with Crippen molar-refractivity contribution in [3.05, 3.63) is 35.5 Å². The van der Waals surface area contributed by atoms with E-state index in [2.05, 4.69) is 10.6 Å². The van der Waals surface area contributed by atoms with Crippen molar-refractivity contribution in [2.45, 2.75) is 26.3 Å². The number of nitrogens with zero attached hydrogens (tertiary/aromatic N) is 1. The van der Waals surface area contributed by atoms with Gasteiger partial charge in [0.25, 0.3) is 0 Å². The van der Waals surface area contributed by atoms with Gasteiger partial charge >= 0.3 is 18.0 Å². The lowest BCUT2D eigenvalue weighted by Gasteiger charge is -2.26. The Labute approximate surface area is 179 Å². The lowest BCUT2D eigenvalue weighted by molar-refractivity contribution is -0.147. The molecule has 0 spiro atoms. The van der Waals surface area contributed by atoms with E-state index in [0.717, 1.165) is 0 Å². The first kappa shape index (κ1) is 22.1. The first-order chi connectivity index (χ1) is 14.8. The maximum absolute atomic E-state index is 12.6. The fourth-order valence-corrected chi connectivity index (χ4v) is 3.61. The molecular formula is C21H25N3O7. The molecule has 0 saturated carbocycles. The largest absolute Gasteiger partial charge is 0.495 e. The fourth-order valence-electron chi connectivity index (χ4n) is 3.61. The van der Waals surface area contributed by atoms with Crippen LogP contribution in [0.3, 0.4) is 0 Å². The molecule has 31 heavy (non-hydrogen) atoms. The van der Waals surface area contributed by atoms with Crippen LogP contribution in [0.4, 0.5) is 10.5 Å². The third kappa shape index (κ3) is 4.79. The van der Waals surface area contributed by atoms with E-state index < -0.39 is 29.9 Å². The van der Waals surface area contributed by atoms with E-state index in [9.17, 15) is 19.2 Å². The highest BCUT2D eigenvalue weighted by Crippen LogP contribution is 2.33. The second kappa shape index (κ2) is 9.50. The number of rotatable bonds is 7. The molecule has 1 fully saturated rings. The molecule has 3 amide bonds. The summed E-state index contributed by atoms with van der Waals surface area (Å²) >= 11 is 0. The molecule has 10 heteroatoms. The third-order valence-electron chi connectivity index (χ3n) is 5.06. The van der Waals surface area contributed by atoms with Gasteiger partial charge in [-0.3, -0.25) is 9.59 Å². The molecule has 0 radical (unpaired) electrons. The Morgan fingerprint density at radius 3 is 2.65 bits per heavy atom. The monoisotopic (exact) mass is 431 g/mol. The van der Waals surface area contributed by atoms with Crippen LogP contribution in [0.1, 0.15) is 20.3 Å². The standard InChI is InChI=1S/C21H25N3O7/c1-4-30-20(27)18-12(2)22-21(28)23-14(18)11-31-19(26)13-9-17(25)24(10-13)15-7-5-6-8-16(15)29-3/h5-8,12-13H,4,9-11H2,1-3H3,(H2,22,23,28)/t12-,13-/m1/s1. The van der Waals surface area contributed by atoms with Crippen LogP contribution >= 0.6 is 0 Å². The molecule has 2 N–H and O–H groups in total. The van der Waals surface area contributed by atoms with Gasteiger partial charge in [-0.05, 0) is 26.0 Å². The summed E-state index contributed by atoms with van der Waals surface area (Å²) in [5.41, 5.74) is 0.929. The predicted molar refractivity (Wildman–Crippen MR) is 109 cm³/mol. The lowest BCUT2D eigenvalue weighted by Crippen LogP contribution is -2.50. The number of hydrogen-bond acceptors (Lipinski definition) is 7. The zero-order valence-electron chi connectivity index (χ0n) is 17.6. The molecule has 0 bridgehead atoms. The van der Waals surface area contributed by atoms with E-state index >= 15 is 0 Å². The van der Waals surface area contributed by atoms with E-state index in [4.69, 9.17) is 14.2 Å². The number of carbonyl (C=O) groups is 4. The number of benzene rings is 1. The van der Waals surface area contributed by atoms with Gasteiger partial charge in [0.2, 0.25) is 5.91 Å². The second-order valence-corrected chi connectivity index (χ2v) is 7.12. The van der Waals surface area contributed by atoms with Crippen LogP contribution < -0.4 is 20.3 Å². The Bertz CT molecular complexity index is 927. The Morgan fingerprint density at radius 2 is 1.94 bits per heavy atom. The average molecular weight is 431 g/mol. The van der Waals surface area contributed by atoms with Crippen LogP contribution in [-0.4, -0.2) is 56.8 Å². The molecule has 2 atom stereocenters. The van der Waals surface area contributed by atoms with Crippen LogP contribution in [0.2, 0.25) is 0 Å². The molecular weight excluding hydrogens is 406 g/mol. The van der Waals surface area contributed by atoms with Crippen LogP contribution in [0.5, 0.6) is 5.75 Å².